The lowest BCUT2D eigenvalue weighted by Crippen LogP contribution is -2.52. The van der Waals surface area contributed by atoms with E-state index in [1.807, 2.05) is 0 Å². The zero-order chi connectivity index (χ0) is 11.6. The minimum absolute atomic E-state index is 0.153. The number of amides is 1. The molecule has 1 N–H and O–H groups in total. The molecule has 1 amide bonds. The molecular weight excluding hydrogens is 198 g/mol. The summed E-state index contributed by atoms with van der Waals surface area (Å²) in [5, 5.41) is 8.98. The molecule has 1 saturated heterocycles. The first kappa shape index (κ1) is 12.0. The summed E-state index contributed by atoms with van der Waals surface area (Å²) in [6, 6.07) is 0. The number of hydrogen-bond acceptors (Lipinski definition) is 3. The molecule has 1 atom stereocenters. The van der Waals surface area contributed by atoms with Gasteiger partial charge in [-0.15, -0.1) is 0 Å². The summed E-state index contributed by atoms with van der Waals surface area (Å²) >= 11 is 0. The van der Waals surface area contributed by atoms with Crippen LogP contribution in [0.15, 0.2) is 0 Å². The molecule has 1 aliphatic rings. The number of aliphatic carboxylic acids is 1. The first-order valence-corrected chi connectivity index (χ1v) is 4.96. The van der Waals surface area contributed by atoms with Gasteiger partial charge >= 0.3 is 5.97 Å². The number of carbonyl (C=O) groups is 2. The lowest BCUT2D eigenvalue weighted by atomic mass is 10.00. The van der Waals surface area contributed by atoms with Gasteiger partial charge in [-0.25, -0.2) is 4.79 Å². The third kappa shape index (κ3) is 2.28. The van der Waals surface area contributed by atoms with E-state index in [9.17, 15) is 9.59 Å². The van der Waals surface area contributed by atoms with Crippen molar-refractivity contribution in [2.24, 2.45) is 5.92 Å². The predicted octanol–water partition coefficient (Wildman–Crippen LogP) is 0.344. The summed E-state index contributed by atoms with van der Waals surface area (Å²) in [4.78, 5) is 24.1. The van der Waals surface area contributed by atoms with Crippen molar-refractivity contribution in [3.05, 3.63) is 0 Å². The molecule has 0 aliphatic carbocycles. The standard InChI is InChI=1S/C10H17NO4/c1-10(2,9(13)14)11(3)8(12)7-4-5-15-6-7/h7H,4-6H2,1-3H3,(H,13,14). The highest BCUT2D eigenvalue weighted by atomic mass is 16.5. The third-order valence-electron chi connectivity index (χ3n) is 2.97. The molecule has 1 rings (SSSR count). The van der Waals surface area contributed by atoms with Crippen LogP contribution in [0, 0.1) is 5.92 Å². The molecule has 86 valence electrons. The first-order chi connectivity index (χ1) is 6.87. The van der Waals surface area contributed by atoms with Crippen molar-refractivity contribution in [1.29, 1.82) is 0 Å². The maximum Gasteiger partial charge on any atom is 0.329 e. The topological polar surface area (TPSA) is 66.8 Å². The molecular formula is C10H17NO4. The number of likely N-dealkylation sites (N-methyl/N-ethyl adjacent to an activating group) is 1. The van der Waals surface area contributed by atoms with Gasteiger partial charge in [-0.2, -0.15) is 0 Å². The van der Waals surface area contributed by atoms with Crippen LogP contribution in [0.1, 0.15) is 20.3 Å². The highest BCUT2D eigenvalue weighted by molar-refractivity contribution is 5.87. The lowest BCUT2D eigenvalue weighted by molar-refractivity contribution is -0.157. The average Bonchev–Trinajstić information content (AvgIpc) is 2.67. The summed E-state index contributed by atoms with van der Waals surface area (Å²) in [5.41, 5.74) is -1.17. The quantitative estimate of drug-likeness (QED) is 0.737. The van der Waals surface area contributed by atoms with Crippen LogP contribution in [0.25, 0.3) is 0 Å². The van der Waals surface area contributed by atoms with Gasteiger partial charge in [0.2, 0.25) is 5.91 Å². The molecule has 0 aromatic carbocycles. The number of rotatable bonds is 3. The molecule has 1 fully saturated rings. The van der Waals surface area contributed by atoms with E-state index in [2.05, 4.69) is 0 Å². The van der Waals surface area contributed by atoms with Crippen molar-refractivity contribution >= 4 is 11.9 Å². The van der Waals surface area contributed by atoms with Crippen LogP contribution in [-0.4, -0.2) is 47.7 Å². The SMILES string of the molecule is CN(C(=O)C1CCOC1)C(C)(C)C(=O)O. The van der Waals surface area contributed by atoms with Gasteiger partial charge in [0, 0.05) is 13.7 Å². The second-order valence-corrected chi connectivity index (χ2v) is 4.32. The molecule has 1 unspecified atom stereocenters. The van der Waals surface area contributed by atoms with Gasteiger partial charge in [0.15, 0.2) is 0 Å². The normalized spacial score (nSPS) is 21.4. The number of nitrogens with zero attached hydrogens (tertiary/aromatic N) is 1. The molecule has 0 radical (unpaired) electrons. The molecule has 5 heteroatoms. The van der Waals surface area contributed by atoms with Crippen LogP contribution in [0.2, 0.25) is 0 Å². The molecule has 0 spiro atoms. The van der Waals surface area contributed by atoms with Crippen molar-refractivity contribution in [2.75, 3.05) is 20.3 Å². The Hall–Kier alpha value is -1.10. The molecule has 0 bridgehead atoms. The van der Waals surface area contributed by atoms with Crippen molar-refractivity contribution < 1.29 is 19.4 Å². The Labute approximate surface area is 89.0 Å². The number of hydrogen-bond donors (Lipinski definition) is 1. The van der Waals surface area contributed by atoms with Crippen LogP contribution < -0.4 is 0 Å². The fraction of sp³-hybridized carbons (Fsp3) is 0.800. The van der Waals surface area contributed by atoms with E-state index in [-0.39, 0.29) is 11.8 Å². The van der Waals surface area contributed by atoms with Crippen molar-refractivity contribution in [3.8, 4) is 0 Å². The van der Waals surface area contributed by atoms with Crippen molar-refractivity contribution in [1.82, 2.24) is 4.90 Å². The molecule has 0 aromatic heterocycles. The van der Waals surface area contributed by atoms with Gasteiger partial charge < -0.3 is 14.7 Å². The zero-order valence-electron chi connectivity index (χ0n) is 9.32. The van der Waals surface area contributed by atoms with Gasteiger partial charge in [0.1, 0.15) is 5.54 Å². The van der Waals surface area contributed by atoms with Crippen LogP contribution in [0.3, 0.4) is 0 Å². The summed E-state index contributed by atoms with van der Waals surface area (Å²) in [6.07, 6.45) is 0.679. The van der Waals surface area contributed by atoms with E-state index < -0.39 is 11.5 Å². The highest BCUT2D eigenvalue weighted by Gasteiger charge is 2.38. The highest BCUT2D eigenvalue weighted by Crippen LogP contribution is 2.20. The summed E-state index contributed by atoms with van der Waals surface area (Å²) in [5.74, 6) is -1.34. The molecule has 15 heavy (non-hydrogen) atoms. The fourth-order valence-electron chi connectivity index (χ4n) is 1.42. The Morgan fingerprint density at radius 2 is 2.07 bits per heavy atom. The zero-order valence-corrected chi connectivity index (χ0v) is 9.32. The number of carbonyl (C=O) groups excluding carboxylic acids is 1. The van der Waals surface area contributed by atoms with Gasteiger partial charge in [-0.1, -0.05) is 0 Å². The monoisotopic (exact) mass is 215 g/mol. The fourth-order valence-corrected chi connectivity index (χ4v) is 1.42. The van der Waals surface area contributed by atoms with E-state index in [4.69, 9.17) is 9.84 Å². The van der Waals surface area contributed by atoms with E-state index in [1.54, 1.807) is 0 Å². The average molecular weight is 215 g/mol. The Kier molecular flexibility index (Phi) is 3.34. The number of carboxylic acids is 1. The van der Waals surface area contributed by atoms with Crippen LogP contribution in [0.4, 0.5) is 0 Å². The number of carboxylic acid groups (broad SMARTS) is 1. The maximum atomic E-state index is 11.9. The Morgan fingerprint density at radius 3 is 2.47 bits per heavy atom. The third-order valence-corrected chi connectivity index (χ3v) is 2.97. The van der Waals surface area contributed by atoms with Crippen LogP contribution in [0.5, 0.6) is 0 Å². The van der Waals surface area contributed by atoms with Gasteiger partial charge in [-0.3, -0.25) is 4.79 Å². The van der Waals surface area contributed by atoms with Gasteiger partial charge in [0.25, 0.3) is 0 Å². The Morgan fingerprint density at radius 1 is 1.47 bits per heavy atom. The Bertz CT molecular complexity index is 269. The molecule has 5 nitrogen and oxygen atoms in total. The predicted molar refractivity (Wildman–Crippen MR) is 53.4 cm³/mol. The molecule has 1 aliphatic heterocycles. The number of ether oxygens (including phenoxy) is 1. The van der Waals surface area contributed by atoms with Crippen LogP contribution >= 0.6 is 0 Å². The second kappa shape index (κ2) is 4.18. The summed E-state index contributed by atoms with van der Waals surface area (Å²) in [7, 11) is 1.52. The minimum Gasteiger partial charge on any atom is -0.480 e. The summed E-state index contributed by atoms with van der Waals surface area (Å²) in [6.45, 7) is 4.02. The van der Waals surface area contributed by atoms with E-state index in [0.29, 0.717) is 19.6 Å². The largest absolute Gasteiger partial charge is 0.480 e. The van der Waals surface area contributed by atoms with E-state index in [1.165, 1.54) is 25.8 Å². The van der Waals surface area contributed by atoms with Crippen molar-refractivity contribution in [2.45, 2.75) is 25.8 Å². The maximum absolute atomic E-state index is 11.9. The smallest absolute Gasteiger partial charge is 0.329 e. The first-order valence-electron chi connectivity index (χ1n) is 4.96. The van der Waals surface area contributed by atoms with Crippen LogP contribution in [-0.2, 0) is 14.3 Å². The second-order valence-electron chi connectivity index (χ2n) is 4.32. The minimum atomic E-state index is -1.17. The van der Waals surface area contributed by atoms with Crippen molar-refractivity contribution in [3.63, 3.8) is 0 Å². The van der Waals surface area contributed by atoms with Gasteiger partial charge in [-0.05, 0) is 20.3 Å². The summed E-state index contributed by atoms with van der Waals surface area (Å²) < 4.78 is 5.11. The molecule has 0 saturated carbocycles. The van der Waals surface area contributed by atoms with E-state index in [0.717, 1.165) is 0 Å². The Balaban J connectivity index is 2.70. The molecule has 0 aromatic rings. The lowest BCUT2D eigenvalue weighted by Gasteiger charge is -2.33. The van der Waals surface area contributed by atoms with E-state index >= 15 is 0 Å². The molecule has 1 heterocycles. The van der Waals surface area contributed by atoms with Gasteiger partial charge in [0.05, 0.1) is 12.5 Å².